The molecule has 2 aromatic heterocycles. The van der Waals surface area contributed by atoms with Crippen molar-refractivity contribution in [2.75, 3.05) is 14.2 Å². The molecular formula is C52H47Cl3N4O7. The number of rotatable bonds is 14. The second-order valence-electron chi connectivity index (χ2n) is 15.4. The smallest absolute Gasteiger partial charge is 0.328 e. The van der Waals surface area contributed by atoms with Crippen molar-refractivity contribution in [3.63, 3.8) is 0 Å². The standard InChI is InChI=1S/C30H26Cl2N2O4.C22H21ClN2O3/c1-19-7-6-10-25(32)27(19)28(35)33-26(30(37)38-2)15-20-11-13-22(14-12-20)24-16-23(31)18-34(29(24)36)17-21-8-4-3-5-9-21;1-28-22(27)20(24)11-15-7-9-17(10-8-15)19-12-18(23)14-25(21(19)26)13-16-5-3-2-4-6-16/h3-14,16,18,26H,15,17H2,1-2H3,(H,33,35);2-10,12,14,20H,11,13,24H2,1H3. The molecule has 7 rings (SSSR count). The third-order valence-corrected chi connectivity index (χ3v) is 11.4. The van der Waals surface area contributed by atoms with Crippen LogP contribution in [0.15, 0.2) is 162 Å². The van der Waals surface area contributed by atoms with Crippen LogP contribution in [0.4, 0.5) is 0 Å². The summed E-state index contributed by atoms with van der Waals surface area (Å²) < 4.78 is 12.8. The largest absolute Gasteiger partial charge is 0.468 e. The molecular weight excluding hydrogens is 899 g/mol. The van der Waals surface area contributed by atoms with Gasteiger partial charge in [-0.05, 0) is 70.5 Å². The molecule has 0 radical (unpaired) electrons. The van der Waals surface area contributed by atoms with Gasteiger partial charge in [0.2, 0.25) is 0 Å². The first-order chi connectivity index (χ1) is 31.7. The molecule has 2 heterocycles. The first-order valence-electron chi connectivity index (χ1n) is 20.8. The number of nitrogens with two attached hydrogens (primary N) is 1. The van der Waals surface area contributed by atoms with E-state index in [9.17, 15) is 24.0 Å². The first kappa shape index (κ1) is 48.7. The minimum absolute atomic E-state index is 0.118. The molecule has 0 spiro atoms. The Labute approximate surface area is 397 Å². The number of nitrogens with zero attached hydrogens (tertiary/aromatic N) is 2. The van der Waals surface area contributed by atoms with Gasteiger partial charge in [0, 0.05) is 29.9 Å². The molecule has 338 valence electrons. The number of nitrogens with one attached hydrogen (secondary N) is 1. The summed E-state index contributed by atoms with van der Waals surface area (Å²) in [5, 5.41) is 3.98. The fourth-order valence-corrected chi connectivity index (χ4v) is 8.02. The van der Waals surface area contributed by atoms with E-state index in [1.165, 1.54) is 14.2 Å². The average molecular weight is 946 g/mol. The van der Waals surface area contributed by atoms with Crippen LogP contribution in [0.5, 0.6) is 0 Å². The second-order valence-corrected chi connectivity index (χ2v) is 16.7. The van der Waals surface area contributed by atoms with Gasteiger partial charge >= 0.3 is 11.9 Å². The molecule has 2 unspecified atom stereocenters. The second kappa shape index (κ2) is 22.9. The van der Waals surface area contributed by atoms with Gasteiger partial charge in [-0.2, -0.15) is 0 Å². The normalized spacial score (nSPS) is 11.7. The maximum atomic E-state index is 13.2. The summed E-state index contributed by atoms with van der Waals surface area (Å²) in [5.41, 5.74) is 12.6. The van der Waals surface area contributed by atoms with Crippen LogP contribution in [0, 0.1) is 6.92 Å². The van der Waals surface area contributed by atoms with Gasteiger partial charge in [-0.3, -0.25) is 19.2 Å². The molecule has 11 nitrogen and oxygen atoms in total. The number of ether oxygens (including phenoxy) is 2. The van der Waals surface area contributed by atoms with E-state index in [0.29, 0.717) is 62.4 Å². The lowest BCUT2D eigenvalue weighted by atomic mass is 10.0. The Morgan fingerprint density at radius 1 is 0.591 bits per heavy atom. The summed E-state index contributed by atoms with van der Waals surface area (Å²) >= 11 is 18.8. The predicted molar refractivity (Wildman–Crippen MR) is 260 cm³/mol. The third-order valence-electron chi connectivity index (χ3n) is 10.7. The van der Waals surface area contributed by atoms with Gasteiger partial charge in [0.05, 0.1) is 47.9 Å². The van der Waals surface area contributed by atoms with Gasteiger partial charge in [-0.1, -0.05) is 156 Å². The zero-order chi connectivity index (χ0) is 47.3. The molecule has 0 aliphatic heterocycles. The van der Waals surface area contributed by atoms with E-state index in [-0.39, 0.29) is 17.5 Å². The fraction of sp³-hybridized carbons (Fsp3) is 0.173. The van der Waals surface area contributed by atoms with E-state index < -0.39 is 29.9 Å². The molecule has 2 atom stereocenters. The van der Waals surface area contributed by atoms with Crippen molar-refractivity contribution in [1.82, 2.24) is 14.5 Å². The van der Waals surface area contributed by atoms with Crippen LogP contribution in [-0.4, -0.2) is 53.3 Å². The van der Waals surface area contributed by atoms with Crippen molar-refractivity contribution in [3.8, 4) is 22.3 Å². The lowest BCUT2D eigenvalue weighted by Crippen LogP contribution is -2.43. The number of aromatic nitrogens is 2. The van der Waals surface area contributed by atoms with Crippen LogP contribution in [-0.2, 0) is 45.0 Å². The highest BCUT2D eigenvalue weighted by atomic mass is 35.5. The summed E-state index contributed by atoms with van der Waals surface area (Å²) in [4.78, 5) is 63.0. The van der Waals surface area contributed by atoms with Crippen LogP contribution < -0.4 is 22.2 Å². The van der Waals surface area contributed by atoms with Crippen molar-refractivity contribution in [1.29, 1.82) is 0 Å². The first-order valence-corrected chi connectivity index (χ1v) is 21.9. The van der Waals surface area contributed by atoms with Gasteiger partial charge in [-0.15, -0.1) is 0 Å². The molecule has 0 bridgehead atoms. The number of carbonyl (C=O) groups excluding carboxylic acids is 3. The molecule has 0 saturated carbocycles. The SMILES string of the molecule is COC(=O)C(Cc1ccc(-c2cc(Cl)cn(Cc3ccccc3)c2=O)cc1)NC(=O)c1c(C)cccc1Cl.COC(=O)C(N)Cc1ccc(-c2cc(Cl)cn(Cc3ccccc3)c2=O)cc1. The Hall–Kier alpha value is -6.76. The summed E-state index contributed by atoms with van der Waals surface area (Å²) in [7, 11) is 2.58. The van der Waals surface area contributed by atoms with Gasteiger partial charge in [0.25, 0.3) is 17.0 Å². The van der Waals surface area contributed by atoms with E-state index >= 15 is 0 Å². The van der Waals surface area contributed by atoms with Crippen LogP contribution in [0.25, 0.3) is 22.3 Å². The molecule has 5 aromatic carbocycles. The topological polar surface area (TPSA) is 152 Å². The number of esters is 2. The van der Waals surface area contributed by atoms with Crippen molar-refractivity contribution < 1.29 is 23.9 Å². The van der Waals surface area contributed by atoms with E-state index in [1.807, 2.05) is 84.9 Å². The molecule has 0 aliphatic rings. The minimum atomic E-state index is -0.928. The van der Waals surface area contributed by atoms with E-state index in [1.54, 1.807) is 83.0 Å². The fourth-order valence-electron chi connectivity index (χ4n) is 7.26. The van der Waals surface area contributed by atoms with E-state index in [2.05, 4.69) is 10.1 Å². The van der Waals surface area contributed by atoms with Crippen molar-refractivity contribution in [2.45, 2.75) is 44.9 Å². The molecule has 0 fully saturated rings. The quantitative estimate of drug-likeness (QED) is 0.103. The van der Waals surface area contributed by atoms with Crippen LogP contribution in [0.1, 0.15) is 38.2 Å². The molecule has 0 aliphatic carbocycles. The third kappa shape index (κ3) is 12.7. The molecule has 66 heavy (non-hydrogen) atoms. The minimum Gasteiger partial charge on any atom is -0.468 e. The zero-order valence-electron chi connectivity index (χ0n) is 36.4. The van der Waals surface area contributed by atoms with Crippen LogP contribution in [0.3, 0.4) is 0 Å². The van der Waals surface area contributed by atoms with E-state index in [0.717, 1.165) is 27.8 Å². The maximum absolute atomic E-state index is 13.2. The number of halogens is 3. The zero-order valence-corrected chi connectivity index (χ0v) is 38.6. The number of carbonyl (C=O) groups is 3. The van der Waals surface area contributed by atoms with Crippen molar-refractivity contribution in [2.24, 2.45) is 5.73 Å². The van der Waals surface area contributed by atoms with Crippen LogP contribution >= 0.6 is 34.8 Å². The molecule has 1 amide bonds. The van der Waals surface area contributed by atoms with Crippen LogP contribution in [0.2, 0.25) is 15.1 Å². The molecule has 3 N–H and O–H groups in total. The monoisotopic (exact) mass is 944 g/mol. The number of aryl methyl sites for hydroxylation is 1. The van der Waals surface area contributed by atoms with Crippen molar-refractivity contribution >= 4 is 52.6 Å². The highest BCUT2D eigenvalue weighted by Gasteiger charge is 2.25. The Morgan fingerprint density at radius 3 is 1.48 bits per heavy atom. The summed E-state index contributed by atoms with van der Waals surface area (Å²) in [5.74, 6) is -1.49. The average Bonchev–Trinajstić information content (AvgIpc) is 3.31. The summed E-state index contributed by atoms with van der Waals surface area (Å²) in [6.07, 6.45) is 3.82. The number of methoxy groups -OCH3 is 2. The maximum Gasteiger partial charge on any atom is 0.328 e. The number of hydrogen-bond acceptors (Lipinski definition) is 8. The van der Waals surface area contributed by atoms with Gasteiger partial charge in [0.1, 0.15) is 12.1 Å². The highest BCUT2D eigenvalue weighted by molar-refractivity contribution is 6.34. The van der Waals surface area contributed by atoms with Gasteiger partial charge in [-0.25, -0.2) is 4.79 Å². The number of pyridine rings is 2. The Bertz CT molecular complexity index is 2900. The van der Waals surface area contributed by atoms with Gasteiger partial charge in [0.15, 0.2) is 0 Å². The van der Waals surface area contributed by atoms with Gasteiger partial charge < -0.3 is 29.7 Å². The Morgan fingerprint density at radius 2 is 1.05 bits per heavy atom. The molecule has 7 aromatic rings. The summed E-state index contributed by atoms with van der Waals surface area (Å²) in [6.45, 7) is 2.62. The highest BCUT2D eigenvalue weighted by Crippen LogP contribution is 2.24. The number of hydrogen-bond donors (Lipinski definition) is 2. The summed E-state index contributed by atoms with van der Waals surface area (Å²) in [6, 6.07) is 40.8. The lowest BCUT2D eigenvalue weighted by molar-refractivity contribution is -0.143. The predicted octanol–water partition coefficient (Wildman–Crippen LogP) is 8.95. The number of benzene rings is 5. The Balaban J connectivity index is 0.000000229. The number of amides is 1. The van der Waals surface area contributed by atoms with Crippen molar-refractivity contribution in [3.05, 3.63) is 221 Å². The lowest BCUT2D eigenvalue weighted by Gasteiger charge is -2.18. The van der Waals surface area contributed by atoms with E-state index in [4.69, 9.17) is 45.3 Å². The molecule has 0 saturated heterocycles. The Kier molecular flexibility index (Phi) is 16.9. The molecule has 14 heteroatoms.